The maximum atomic E-state index is 15.2. The number of aliphatic carboxylic acids is 1. The fraction of sp³-hybridized carbons (Fsp3) is 0.486. The van der Waals surface area contributed by atoms with Crippen molar-refractivity contribution in [3.05, 3.63) is 81.1 Å². The van der Waals surface area contributed by atoms with Crippen molar-refractivity contribution in [1.29, 1.82) is 0 Å². The van der Waals surface area contributed by atoms with Crippen LogP contribution in [-0.4, -0.2) is 61.9 Å². The van der Waals surface area contributed by atoms with Crippen molar-refractivity contribution in [2.75, 3.05) is 6.54 Å². The lowest BCUT2D eigenvalue weighted by molar-refractivity contribution is -0.163. The number of pyridine rings is 1. The Hall–Kier alpha value is -4.21. The highest BCUT2D eigenvalue weighted by molar-refractivity contribution is 7.10. The molecule has 8 nitrogen and oxygen atoms in total. The highest BCUT2D eigenvalue weighted by Gasteiger charge is 2.57. The Kier molecular flexibility index (Phi) is 11.3. The van der Waals surface area contributed by atoms with E-state index in [-0.39, 0.29) is 57.4 Å². The van der Waals surface area contributed by atoms with Gasteiger partial charge < -0.3 is 19.6 Å². The van der Waals surface area contributed by atoms with Crippen LogP contribution in [0.25, 0.3) is 0 Å². The lowest BCUT2D eigenvalue weighted by Gasteiger charge is -2.51. The van der Waals surface area contributed by atoms with Crippen LogP contribution in [0.5, 0.6) is 5.75 Å². The zero-order chi connectivity index (χ0) is 37.1. The molecular weight excluding hydrogens is 707 g/mol. The molecule has 2 aliphatic heterocycles. The molecule has 51 heavy (non-hydrogen) atoms. The van der Waals surface area contributed by atoms with Crippen LogP contribution in [0.1, 0.15) is 90.3 Å². The molecule has 2 aromatic heterocycles. The van der Waals surface area contributed by atoms with Crippen LogP contribution in [0.3, 0.4) is 0 Å². The molecule has 0 bridgehead atoms. The average Bonchev–Trinajstić information content (AvgIpc) is 3.55. The van der Waals surface area contributed by atoms with Gasteiger partial charge in [0.15, 0.2) is 0 Å². The van der Waals surface area contributed by atoms with E-state index in [1.54, 1.807) is 6.92 Å². The van der Waals surface area contributed by atoms with Gasteiger partial charge in [0, 0.05) is 49.6 Å². The topological polar surface area (TPSA) is 100 Å². The van der Waals surface area contributed by atoms with Crippen LogP contribution in [0.2, 0.25) is 0 Å². The Morgan fingerprint density at radius 2 is 1.78 bits per heavy atom. The molecule has 2 amide bonds. The van der Waals surface area contributed by atoms with E-state index in [0.717, 1.165) is 34.7 Å². The van der Waals surface area contributed by atoms with Crippen molar-refractivity contribution in [1.82, 2.24) is 14.8 Å². The van der Waals surface area contributed by atoms with Gasteiger partial charge in [-0.25, -0.2) is 4.39 Å². The van der Waals surface area contributed by atoms with Crippen molar-refractivity contribution in [3.63, 3.8) is 0 Å². The summed E-state index contributed by atoms with van der Waals surface area (Å²) in [6, 6.07) is 4.78. The molecule has 0 spiro atoms. The molecule has 1 N–H and O–H groups in total. The van der Waals surface area contributed by atoms with Crippen LogP contribution in [-0.2, 0) is 34.9 Å². The predicted molar refractivity (Wildman–Crippen MR) is 171 cm³/mol. The second-order valence-electron chi connectivity index (χ2n) is 12.8. The van der Waals surface area contributed by atoms with E-state index >= 15 is 4.79 Å². The number of halogens is 7. The first kappa shape index (κ1) is 38.0. The van der Waals surface area contributed by atoms with Gasteiger partial charge in [-0.05, 0) is 67.5 Å². The first-order valence-corrected chi connectivity index (χ1v) is 17.4. The van der Waals surface area contributed by atoms with Gasteiger partial charge in [0.05, 0.1) is 11.6 Å². The first-order valence-electron chi connectivity index (χ1n) is 16.5. The van der Waals surface area contributed by atoms with Gasteiger partial charge in [0.1, 0.15) is 22.1 Å². The van der Waals surface area contributed by atoms with E-state index in [1.165, 1.54) is 23.1 Å². The molecule has 3 atom stereocenters. The molecule has 2 aliphatic rings. The fourth-order valence-electron chi connectivity index (χ4n) is 7.09. The number of benzene rings is 1. The molecule has 3 aromatic rings. The van der Waals surface area contributed by atoms with Crippen LogP contribution in [0, 0.1) is 5.82 Å². The number of piperidine rings is 1. The van der Waals surface area contributed by atoms with E-state index in [4.69, 9.17) is 9.84 Å². The largest absolute Gasteiger partial charge is 0.481 e. The predicted octanol–water partition coefficient (Wildman–Crippen LogP) is 8.14. The number of hydrogen-bond donors (Lipinski definition) is 1. The van der Waals surface area contributed by atoms with Gasteiger partial charge >= 0.3 is 18.3 Å². The van der Waals surface area contributed by atoms with Gasteiger partial charge in [-0.1, -0.05) is 25.8 Å². The van der Waals surface area contributed by atoms with E-state index in [1.807, 2.05) is 0 Å². The third-order valence-corrected chi connectivity index (χ3v) is 10.3. The summed E-state index contributed by atoms with van der Waals surface area (Å²) in [5, 5.41) is 10.2. The Morgan fingerprint density at radius 3 is 2.45 bits per heavy atom. The van der Waals surface area contributed by atoms with Gasteiger partial charge in [-0.3, -0.25) is 19.4 Å². The third-order valence-electron chi connectivity index (χ3n) is 9.36. The molecule has 0 aliphatic carbocycles. The Morgan fingerprint density at radius 1 is 1.02 bits per heavy atom. The molecule has 4 heterocycles. The van der Waals surface area contributed by atoms with Crippen molar-refractivity contribution in [2.45, 2.75) is 101 Å². The number of likely N-dealkylation sites (tertiary alicyclic amines) is 1. The monoisotopic (exact) mass is 743 g/mol. The number of alkyl halides is 6. The molecule has 0 radical (unpaired) electrons. The number of hydrogen-bond acceptors (Lipinski definition) is 6. The van der Waals surface area contributed by atoms with Crippen LogP contribution >= 0.6 is 11.3 Å². The van der Waals surface area contributed by atoms with Gasteiger partial charge in [-0.15, -0.1) is 11.3 Å². The minimum atomic E-state index is -4.93. The van der Waals surface area contributed by atoms with Gasteiger partial charge in [-0.2, -0.15) is 26.3 Å². The maximum Gasteiger partial charge on any atom is 0.425 e. The summed E-state index contributed by atoms with van der Waals surface area (Å²) in [6.07, 6.45) is -7.25. The number of fused-ring (bicyclic) bond motifs is 1. The first-order chi connectivity index (χ1) is 24.0. The standard InChI is InChI=1S/C35H36F7N3O5S/c1-2-7-27-33(50-25-18-28(51-20-25)35(40,41)42,13-6-15-44(27)31(48)30-26(34(37,38)39)9-5-14-43-30)32(49)45-19-21-11-12-23(36)16-22(21)17-24(45)8-3-4-10-29(46)47/h5,9,11-12,14,16,18,20,24,27H,2-4,6-8,10,13,15,17,19H2,1H3,(H,46,47)/t24-,27+,33-/m0/s1. The number of carbonyl (C=O) groups is 3. The molecule has 1 saturated heterocycles. The minimum absolute atomic E-state index is 0.0425. The maximum absolute atomic E-state index is 15.2. The Labute approximate surface area is 293 Å². The van der Waals surface area contributed by atoms with Gasteiger partial charge in [0.25, 0.3) is 11.8 Å². The highest BCUT2D eigenvalue weighted by atomic mass is 32.1. The molecule has 1 aromatic carbocycles. The number of unbranched alkanes of at least 4 members (excludes halogenated alkanes) is 1. The summed E-state index contributed by atoms with van der Waals surface area (Å²) in [4.78, 5) is 45.8. The Bertz CT molecular complexity index is 1750. The number of amides is 2. The van der Waals surface area contributed by atoms with Crippen LogP contribution in [0.4, 0.5) is 30.7 Å². The van der Waals surface area contributed by atoms with Crippen molar-refractivity contribution < 1.29 is 55.0 Å². The lowest BCUT2D eigenvalue weighted by Crippen LogP contribution is -2.69. The number of carboxylic acid groups (broad SMARTS) is 1. The highest BCUT2D eigenvalue weighted by Crippen LogP contribution is 2.44. The molecule has 276 valence electrons. The minimum Gasteiger partial charge on any atom is -0.481 e. The zero-order valence-electron chi connectivity index (χ0n) is 27.5. The number of ether oxygens (including phenoxy) is 1. The second-order valence-corrected chi connectivity index (χ2v) is 13.7. The number of aromatic nitrogens is 1. The van der Waals surface area contributed by atoms with E-state index < -0.39 is 69.8 Å². The SMILES string of the molecule is CCC[C@H]1N(C(=O)c2ncccc2C(F)(F)F)CCC[C@@]1(Oc1csc(C(F)(F)F)c1)C(=O)N1Cc2ccc(F)cc2C[C@@H]1CCCCC(=O)O. The molecule has 5 rings (SSSR count). The molecule has 0 unspecified atom stereocenters. The van der Waals surface area contributed by atoms with Crippen molar-refractivity contribution >= 4 is 29.1 Å². The molecule has 16 heteroatoms. The van der Waals surface area contributed by atoms with Crippen molar-refractivity contribution in [2.24, 2.45) is 0 Å². The molecule has 1 fully saturated rings. The number of carbonyl (C=O) groups excluding carboxylic acids is 2. The molecule has 0 saturated carbocycles. The summed E-state index contributed by atoms with van der Waals surface area (Å²) in [6.45, 7) is 1.61. The second kappa shape index (κ2) is 15.2. The summed E-state index contributed by atoms with van der Waals surface area (Å²) < 4.78 is 104. The normalized spacial score (nSPS) is 20.9. The molecular formula is C35H36F7N3O5S. The summed E-state index contributed by atoms with van der Waals surface area (Å²) in [7, 11) is 0. The van der Waals surface area contributed by atoms with Gasteiger partial charge in [0.2, 0.25) is 5.60 Å². The average molecular weight is 744 g/mol. The van der Waals surface area contributed by atoms with E-state index in [9.17, 15) is 40.3 Å². The zero-order valence-corrected chi connectivity index (χ0v) is 28.3. The third kappa shape index (κ3) is 8.31. The summed E-state index contributed by atoms with van der Waals surface area (Å²) >= 11 is 0.349. The lowest BCUT2D eigenvalue weighted by atomic mass is 9.78. The Balaban J connectivity index is 1.62. The van der Waals surface area contributed by atoms with Crippen molar-refractivity contribution in [3.8, 4) is 5.75 Å². The van der Waals surface area contributed by atoms with Crippen LogP contribution in [0.15, 0.2) is 48.0 Å². The number of thiophene rings is 1. The fourth-order valence-corrected chi connectivity index (χ4v) is 7.76. The number of nitrogens with zero attached hydrogens (tertiary/aromatic N) is 3. The van der Waals surface area contributed by atoms with E-state index in [0.29, 0.717) is 41.7 Å². The van der Waals surface area contributed by atoms with Crippen LogP contribution < -0.4 is 4.74 Å². The smallest absolute Gasteiger partial charge is 0.425 e. The summed E-state index contributed by atoms with van der Waals surface area (Å²) in [5.41, 5.74) is -2.96. The number of rotatable bonds is 11. The summed E-state index contributed by atoms with van der Waals surface area (Å²) in [5.74, 6) is -3.58. The van der Waals surface area contributed by atoms with E-state index in [2.05, 4.69) is 4.98 Å². The number of carboxylic acids is 1. The quantitative estimate of drug-likeness (QED) is 0.157.